The number of nitrogens with zero attached hydrogens (tertiary/aromatic N) is 2. The van der Waals surface area contributed by atoms with Crippen LogP contribution in [-0.2, 0) is 21.4 Å². The van der Waals surface area contributed by atoms with Crippen LogP contribution in [-0.4, -0.2) is 66.0 Å². The topological polar surface area (TPSA) is 142 Å². The molecule has 1 aliphatic carbocycles. The molecule has 0 spiro atoms. The van der Waals surface area contributed by atoms with Gasteiger partial charge in [-0.2, -0.15) is 4.31 Å². The Labute approximate surface area is 239 Å². The van der Waals surface area contributed by atoms with Gasteiger partial charge in [0, 0.05) is 43.1 Å². The van der Waals surface area contributed by atoms with Crippen LogP contribution in [0.3, 0.4) is 0 Å². The lowest BCUT2D eigenvalue weighted by atomic mass is 9.72. The zero-order valence-corrected chi connectivity index (χ0v) is 24.7. The molecule has 0 unspecified atom stereocenters. The molecule has 0 aromatic heterocycles. The largest absolute Gasteiger partial charge is 0.399 e. The highest BCUT2D eigenvalue weighted by Crippen LogP contribution is 2.39. The van der Waals surface area contributed by atoms with Gasteiger partial charge >= 0.3 is 0 Å². The number of fused-ring (bicyclic) bond motifs is 1. The fourth-order valence-electron chi connectivity index (χ4n) is 6.16. The number of sulfonamides is 1. The number of carbonyl (C=O) groups excluding carboxylic acids is 1. The third kappa shape index (κ3) is 7.75. The molecule has 6 N–H and O–H groups in total. The molecule has 220 valence electrons. The van der Waals surface area contributed by atoms with Crippen molar-refractivity contribution >= 4 is 27.3 Å². The molecule has 2 aromatic carbocycles. The molecule has 40 heavy (non-hydrogen) atoms. The molecule has 2 fully saturated rings. The molecule has 4 rings (SSSR count). The minimum absolute atomic E-state index is 0.0345. The predicted octanol–water partition coefficient (Wildman–Crippen LogP) is 3.20. The van der Waals surface area contributed by atoms with E-state index in [4.69, 9.17) is 11.5 Å². The first kappa shape index (κ1) is 30.3. The molecule has 1 heterocycles. The summed E-state index contributed by atoms with van der Waals surface area (Å²) in [5.41, 5.74) is 13.1. The Morgan fingerprint density at radius 2 is 1.73 bits per heavy atom. The minimum Gasteiger partial charge on any atom is -0.399 e. The summed E-state index contributed by atoms with van der Waals surface area (Å²) in [5.74, 6) is 0.952. The lowest BCUT2D eigenvalue weighted by molar-refractivity contribution is -0.132. The van der Waals surface area contributed by atoms with E-state index in [1.165, 1.54) is 29.3 Å². The van der Waals surface area contributed by atoms with Gasteiger partial charge in [0.2, 0.25) is 15.9 Å². The summed E-state index contributed by atoms with van der Waals surface area (Å²) in [7, 11) is -3.99. The van der Waals surface area contributed by atoms with E-state index in [1.807, 2.05) is 26.8 Å². The number of hydrogen-bond donors (Lipinski definition) is 4. The second-order valence-corrected chi connectivity index (χ2v) is 14.5. The number of aliphatic hydroxyl groups is 1. The van der Waals surface area contributed by atoms with Gasteiger partial charge in [0.15, 0.2) is 0 Å². The van der Waals surface area contributed by atoms with Crippen LogP contribution < -0.4 is 16.8 Å². The lowest BCUT2D eigenvalue weighted by Crippen LogP contribution is -2.59. The number of β-amino-alcohol motifs (C(OH)–C–C–N with tert-alkyl or cyclic N) is 1. The minimum atomic E-state index is -3.99. The van der Waals surface area contributed by atoms with E-state index in [-0.39, 0.29) is 42.0 Å². The van der Waals surface area contributed by atoms with Crippen LogP contribution in [0.2, 0.25) is 0 Å². The quantitative estimate of drug-likeness (QED) is 0.339. The van der Waals surface area contributed by atoms with Crippen LogP contribution in [0.4, 0.5) is 11.4 Å². The molecule has 9 nitrogen and oxygen atoms in total. The number of amides is 1. The first-order chi connectivity index (χ1) is 18.8. The Morgan fingerprint density at radius 1 is 1.07 bits per heavy atom. The van der Waals surface area contributed by atoms with Gasteiger partial charge in [0.05, 0.1) is 17.0 Å². The molecule has 1 aliphatic heterocycles. The summed E-state index contributed by atoms with van der Waals surface area (Å²) in [4.78, 5) is 15.5. The average Bonchev–Trinajstić information content (AvgIpc) is 2.87. The summed E-state index contributed by atoms with van der Waals surface area (Å²) in [5, 5.41) is 14.5. The summed E-state index contributed by atoms with van der Waals surface area (Å²) in [6, 6.07) is 12.9. The van der Waals surface area contributed by atoms with Crippen LogP contribution >= 0.6 is 0 Å². The first-order valence-corrected chi connectivity index (χ1v) is 15.7. The molecule has 10 heteroatoms. The number of piperidine rings is 1. The van der Waals surface area contributed by atoms with Crippen molar-refractivity contribution in [2.45, 2.75) is 82.0 Å². The number of nitrogens with one attached hydrogen (secondary N) is 1. The fraction of sp³-hybridized carbons (Fsp3) is 0.567. The average molecular weight is 572 g/mol. The smallest absolute Gasteiger partial charge is 0.243 e. The highest BCUT2D eigenvalue weighted by atomic mass is 32.2. The fourth-order valence-corrected chi connectivity index (χ4v) is 7.68. The number of likely N-dealkylation sites (tertiary alicyclic amines) is 1. The van der Waals surface area contributed by atoms with Gasteiger partial charge in [0.1, 0.15) is 0 Å². The maximum Gasteiger partial charge on any atom is 0.243 e. The Kier molecular flexibility index (Phi) is 9.44. The van der Waals surface area contributed by atoms with E-state index in [2.05, 4.69) is 10.2 Å². The Hall–Kier alpha value is -2.66. The van der Waals surface area contributed by atoms with Crippen molar-refractivity contribution in [2.75, 3.05) is 31.1 Å². The number of anilines is 2. The van der Waals surface area contributed by atoms with Gasteiger partial charge in [-0.3, -0.25) is 9.69 Å². The highest BCUT2D eigenvalue weighted by Gasteiger charge is 2.41. The van der Waals surface area contributed by atoms with E-state index in [9.17, 15) is 18.3 Å². The molecule has 0 bridgehead atoms. The number of nitrogen functional groups attached to an aromatic ring is 2. The molecular weight excluding hydrogens is 526 g/mol. The Morgan fingerprint density at radius 3 is 2.38 bits per heavy atom. The molecule has 0 radical (unpaired) electrons. The molecule has 4 atom stereocenters. The molecule has 2 aliphatic rings. The maximum atomic E-state index is 13.8. The van der Waals surface area contributed by atoms with Crippen molar-refractivity contribution in [3.05, 3.63) is 54.1 Å². The monoisotopic (exact) mass is 571 g/mol. The summed E-state index contributed by atoms with van der Waals surface area (Å²) in [6.45, 7) is 6.72. The summed E-state index contributed by atoms with van der Waals surface area (Å²) >= 11 is 0. The van der Waals surface area contributed by atoms with Crippen LogP contribution in [0.1, 0.15) is 58.4 Å². The van der Waals surface area contributed by atoms with Gasteiger partial charge < -0.3 is 21.9 Å². The van der Waals surface area contributed by atoms with Crippen LogP contribution in [0, 0.1) is 11.8 Å². The zero-order chi connectivity index (χ0) is 29.1. The Bertz CT molecular complexity index is 1280. The third-order valence-electron chi connectivity index (χ3n) is 7.97. The number of nitrogens with two attached hydrogens (primary N) is 2. The van der Waals surface area contributed by atoms with E-state index in [0.29, 0.717) is 28.8 Å². The predicted molar refractivity (Wildman–Crippen MR) is 159 cm³/mol. The number of rotatable bonds is 9. The van der Waals surface area contributed by atoms with Crippen LogP contribution in [0.25, 0.3) is 0 Å². The number of aliphatic hydroxyl groups excluding tert-OH is 1. The zero-order valence-electron chi connectivity index (χ0n) is 23.9. The van der Waals surface area contributed by atoms with Gasteiger partial charge in [-0.25, -0.2) is 8.42 Å². The normalized spacial score (nSPS) is 23.0. The molecule has 2 aromatic rings. The summed E-state index contributed by atoms with van der Waals surface area (Å²) < 4.78 is 28.8. The molecule has 1 saturated carbocycles. The second-order valence-electron chi connectivity index (χ2n) is 12.5. The van der Waals surface area contributed by atoms with E-state index < -0.39 is 16.1 Å². The van der Waals surface area contributed by atoms with Gasteiger partial charge in [0.25, 0.3) is 0 Å². The van der Waals surface area contributed by atoms with Crippen molar-refractivity contribution < 1.29 is 18.3 Å². The van der Waals surface area contributed by atoms with E-state index >= 15 is 0 Å². The molecule has 1 saturated heterocycles. The third-order valence-corrected chi connectivity index (χ3v) is 9.78. The van der Waals surface area contributed by atoms with Crippen molar-refractivity contribution in [3.8, 4) is 0 Å². The lowest BCUT2D eigenvalue weighted by Gasteiger charge is -2.46. The van der Waals surface area contributed by atoms with Gasteiger partial charge in [-0.15, -0.1) is 0 Å². The Balaban J connectivity index is 1.57. The van der Waals surface area contributed by atoms with Gasteiger partial charge in [-0.05, 0) is 81.3 Å². The van der Waals surface area contributed by atoms with Crippen LogP contribution in [0.15, 0.2) is 53.4 Å². The maximum absolute atomic E-state index is 13.8. The van der Waals surface area contributed by atoms with Crippen molar-refractivity contribution in [1.82, 2.24) is 14.5 Å². The van der Waals surface area contributed by atoms with Crippen LogP contribution in [0.5, 0.6) is 0 Å². The SMILES string of the molecule is CC(C)(C)NC(=O)[C@@H]1C[C@@H]2CCCC[C@@H]2CN1C[C@@H](O)CN(Cc1cccc(N)c1)S(=O)(=O)c1cccc(N)c1. The van der Waals surface area contributed by atoms with E-state index in [0.717, 1.165) is 25.8 Å². The molecular formula is C30H45N5O4S. The van der Waals surface area contributed by atoms with Gasteiger partial charge in [-0.1, -0.05) is 37.5 Å². The molecule has 1 amide bonds. The van der Waals surface area contributed by atoms with E-state index in [1.54, 1.807) is 30.3 Å². The van der Waals surface area contributed by atoms with Crippen molar-refractivity contribution in [1.29, 1.82) is 0 Å². The number of carbonyl (C=O) groups is 1. The van der Waals surface area contributed by atoms with Crippen molar-refractivity contribution in [2.24, 2.45) is 11.8 Å². The standard InChI is InChI=1S/C30H45N5O4S/c1-30(2,3)33-29(37)28-15-22-9-4-5-10-23(22)18-34(28)19-26(36)20-35(17-21-8-6-11-24(31)14-21)40(38,39)27-13-7-12-25(32)16-27/h6-8,11-14,16,22-23,26,28,36H,4-5,9-10,15,17-20,31-32H2,1-3H3,(H,33,37)/t22-,23+,26+,28-/m0/s1. The first-order valence-electron chi connectivity index (χ1n) is 14.3. The van der Waals surface area contributed by atoms with Crippen molar-refractivity contribution in [3.63, 3.8) is 0 Å². The summed E-state index contributed by atoms with van der Waals surface area (Å²) in [6.07, 6.45) is 4.37. The number of benzene rings is 2. The number of hydrogen-bond acceptors (Lipinski definition) is 7. The second kappa shape index (κ2) is 12.5. The highest BCUT2D eigenvalue weighted by molar-refractivity contribution is 7.89.